The fourth-order valence-corrected chi connectivity index (χ4v) is 3.61. The Balaban J connectivity index is 1.47. The molecular formula is C19H22N4O3. The molecule has 0 aromatic carbocycles. The number of aryl methyl sites for hydroxylation is 3. The van der Waals surface area contributed by atoms with E-state index in [2.05, 4.69) is 15.6 Å². The van der Waals surface area contributed by atoms with Gasteiger partial charge in [-0.3, -0.25) is 9.48 Å². The maximum absolute atomic E-state index is 12.6. The van der Waals surface area contributed by atoms with Gasteiger partial charge in [0.2, 0.25) is 0 Å². The van der Waals surface area contributed by atoms with Gasteiger partial charge in [-0.15, -0.1) is 0 Å². The second kappa shape index (κ2) is 6.48. The lowest BCUT2D eigenvalue weighted by molar-refractivity contribution is 0.0903. The number of amides is 1. The summed E-state index contributed by atoms with van der Waals surface area (Å²) in [7, 11) is 1.94. The summed E-state index contributed by atoms with van der Waals surface area (Å²) in [5.41, 5.74) is 4.14. The number of nitrogens with one attached hydrogen (secondary N) is 1. The lowest BCUT2D eigenvalue weighted by Gasteiger charge is -2.23. The van der Waals surface area contributed by atoms with Crippen molar-refractivity contribution in [3.63, 3.8) is 0 Å². The Morgan fingerprint density at radius 3 is 3.00 bits per heavy atom. The van der Waals surface area contributed by atoms with Crippen LogP contribution in [0.15, 0.2) is 27.3 Å². The third-order valence-corrected chi connectivity index (χ3v) is 5.10. The molecule has 0 radical (unpaired) electrons. The third-order valence-electron chi connectivity index (χ3n) is 5.10. The summed E-state index contributed by atoms with van der Waals surface area (Å²) in [5.74, 6) is 1.62. The summed E-state index contributed by atoms with van der Waals surface area (Å²) in [5, 5.41) is 11.4. The second-order valence-corrected chi connectivity index (χ2v) is 6.83. The highest BCUT2D eigenvalue weighted by atomic mass is 16.5. The Bertz CT molecular complexity index is 931. The van der Waals surface area contributed by atoms with E-state index in [9.17, 15) is 4.79 Å². The molecule has 3 heterocycles. The van der Waals surface area contributed by atoms with Gasteiger partial charge in [-0.25, -0.2) is 0 Å². The Kier molecular flexibility index (Phi) is 4.14. The molecule has 0 saturated heterocycles. The summed E-state index contributed by atoms with van der Waals surface area (Å²) >= 11 is 0. The van der Waals surface area contributed by atoms with E-state index >= 15 is 0 Å². The van der Waals surface area contributed by atoms with Crippen molar-refractivity contribution in [1.82, 2.24) is 20.3 Å². The zero-order valence-corrected chi connectivity index (χ0v) is 15.2. The van der Waals surface area contributed by atoms with Crippen molar-refractivity contribution in [2.75, 3.05) is 0 Å². The third kappa shape index (κ3) is 2.94. The van der Waals surface area contributed by atoms with Crippen LogP contribution in [0.5, 0.6) is 0 Å². The molecule has 1 aliphatic rings. The number of carbonyl (C=O) groups excluding carboxylic acids is 1. The van der Waals surface area contributed by atoms with E-state index in [-0.39, 0.29) is 11.9 Å². The zero-order valence-electron chi connectivity index (χ0n) is 15.2. The number of carbonyl (C=O) groups is 1. The van der Waals surface area contributed by atoms with Crippen molar-refractivity contribution in [2.45, 2.75) is 45.6 Å². The van der Waals surface area contributed by atoms with Crippen LogP contribution in [-0.2, 0) is 19.9 Å². The topological polar surface area (TPSA) is 86.1 Å². The van der Waals surface area contributed by atoms with Crippen LogP contribution in [0.4, 0.5) is 0 Å². The standard InChI is InChI=1S/C19H22N4O3/c1-11-14(12(2)26-22-11)9-13-7-8-18(25-13)19(24)21-16-5-4-6-17-15(16)10-20-23(17)3/h7-8,10,16H,4-6,9H2,1-3H3,(H,21,24). The smallest absolute Gasteiger partial charge is 0.287 e. The number of furan rings is 1. The van der Waals surface area contributed by atoms with Crippen LogP contribution in [0, 0.1) is 13.8 Å². The van der Waals surface area contributed by atoms with Crippen molar-refractivity contribution in [2.24, 2.45) is 7.05 Å². The van der Waals surface area contributed by atoms with Gasteiger partial charge in [-0.2, -0.15) is 5.10 Å². The van der Waals surface area contributed by atoms with E-state index in [0.29, 0.717) is 12.2 Å². The van der Waals surface area contributed by atoms with Gasteiger partial charge in [0, 0.05) is 30.3 Å². The molecule has 0 aliphatic heterocycles. The fourth-order valence-electron chi connectivity index (χ4n) is 3.61. The van der Waals surface area contributed by atoms with E-state index in [1.165, 1.54) is 5.69 Å². The average Bonchev–Trinajstić information content (AvgIpc) is 3.32. The van der Waals surface area contributed by atoms with E-state index in [0.717, 1.165) is 47.6 Å². The molecule has 4 rings (SSSR count). The monoisotopic (exact) mass is 354 g/mol. The molecule has 7 nitrogen and oxygen atoms in total. The molecule has 0 fully saturated rings. The summed E-state index contributed by atoms with van der Waals surface area (Å²) in [6.45, 7) is 3.78. The van der Waals surface area contributed by atoms with Crippen LogP contribution in [0.1, 0.15) is 63.5 Å². The Hall–Kier alpha value is -2.83. The lowest BCUT2D eigenvalue weighted by Crippen LogP contribution is -2.30. The highest BCUT2D eigenvalue weighted by Gasteiger charge is 2.26. The number of nitrogens with zero attached hydrogens (tertiary/aromatic N) is 3. The quantitative estimate of drug-likeness (QED) is 0.778. The Morgan fingerprint density at radius 2 is 2.23 bits per heavy atom. The minimum absolute atomic E-state index is 0.0175. The molecule has 0 bridgehead atoms. The van der Waals surface area contributed by atoms with Gasteiger partial charge < -0.3 is 14.3 Å². The number of rotatable bonds is 4. The largest absolute Gasteiger partial charge is 0.456 e. The molecule has 1 unspecified atom stereocenters. The number of fused-ring (bicyclic) bond motifs is 1. The number of aromatic nitrogens is 3. The van der Waals surface area contributed by atoms with Crippen LogP contribution >= 0.6 is 0 Å². The van der Waals surface area contributed by atoms with Gasteiger partial charge in [-0.05, 0) is 45.2 Å². The number of hydrogen-bond donors (Lipinski definition) is 1. The first-order chi connectivity index (χ1) is 12.5. The molecule has 26 heavy (non-hydrogen) atoms. The fraction of sp³-hybridized carbons (Fsp3) is 0.421. The van der Waals surface area contributed by atoms with Crippen LogP contribution in [0.3, 0.4) is 0 Å². The van der Waals surface area contributed by atoms with Gasteiger partial charge in [0.15, 0.2) is 5.76 Å². The number of hydrogen-bond acceptors (Lipinski definition) is 5. The summed E-state index contributed by atoms with van der Waals surface area (Å²) in [6.07, 6.45) is 5.36. The molecule has 1 aliphatic carbocycles. The van der Waals surface area contributed by atoms with E-state index in [4.69, 9.17) is 8.94 Å². The van der Waals surface area contributed by atoms with Gasteiger partial charge >= 0.3 is 0 Å². The molecule has 3 aromatic heterocycles. The maximum Gasteiger partial charge on any atom is 0.287 e. The summed E-state index contributed by atoms with van der Waals surface area (Å²) in [4.78, 5) is 12.6. The highest BCUT2D eigenvalue weighted by molar-refractivity contribution is 5.91. The summed E-state index contributed by atoms with van der Waals surface area (Å²) in [6, 6.07) is 3.53. The van der Waals surface area contributed by atoms with Crippen molar-refractivity contribution in [3.8, 4) is 0 Å². The molecule has 0 saturated carbocycles. The van der Waals surface area contributed by atoms with Gasteiger partial charge in [0.05, 0.1) is 17.9 Å². The van der Waals surface area contributed by atoms with E-state index in [1.807, 2.05) is 37.8 Å². The molecule has 3 aromatic rings. The molecule has 7 heteroatoms. The molecular weight excluding hydrogens is 332 g/mol. The van der Waals surface area contributed by atoms with Crippen molar-refractivity contribution in [3.05, 3.63) is 58.1 Å². The van der Waals surface area contributed by atoms with Gasteiger partial charge in [-0.1, -0.05) is 5.16 Å². The highest BCUT2D eigenvalue weighted by Crippen LogP contribution is 2.29. The minimum atomic E-state index is -0.197. The van der Waals surface area contributed by atoms with Crippen LogP contribution in [-0.4, -0.2) is 20.8 Å². The predicted molar refractivity (Wildman–Crippen MR) is 93.8 cm³/mol. The Labute approximate surface area is 151 Å². The molecule has 1 N–H and O–H groups in total. The molecule has 0 spiro atoms. The molecule has 136 valence electrons. The molecule has 1 amide bonds. The van der Waals surface area contributed by atoms with E-state index in [1.54, 1.807) is 6.07 Å². The Morgan fingerprint density at radius 1 is 1.38 bits per heavy atom. The lowest BCUT2D eigenvalue weighted by atomic mass is 9.93. The first-order valence-corrected chi connectivity index (χ1v) is 8.85. The van der Waals surface area contributed by atoms with Crippen LogP contribution in [0.25, 0.3) is 0 Å². The van der Waals surface area contributed by atoms with Crippen molar-refractivity contribution in [1.29, 1.82) is 0 Å². The van der Waals surface area contributed by atoms with Gasteiger partial charge in [0.25, 0.3) is 5.91 Å². The second-order valence-electron chi connectivity index (χ2n) is 6.83. The molecule has 1 atom stereocenters. The van der Waals surface area contributed by atoms with Crippen LogP contribution < -0.4 is 5.32 Å². The first-order valence-electron chi connectivity index (χ1n) is 8.85. The average molecular weight is 354 g/mol. The normalized spacial score (nSPS) is 16.5. The van der Waals surface area contributed by atoms with Crippen molar-refractivity contribution >= 4 is 5.91 Å². The van der Waals surface area contributed by atoms with E-state index < -0.39 is 0 Å². The SMILES string of the molecule is Cc1noc(C)c1Cc1ccc(C(=O)NC2CCCc3c2cnn3C)o1. The summed E-state index contributed by atoms with van der Waals surface area (Å²) < 4.78 is 12.8. The zero-order chi connectivity index (χ0) is 18.3. The van der Waals surface area contributed by atoms with Crippen molar-refractivity contribution < 1.29 is 13.7 Å². The van der Waals surface area contributed by atoms with Crippen LogP contribution in [0.2, 0.25) is 0 Å². The predicted octanol–water partition coefficient (Wildman–Crippen LogP) is 3.02. The minimum Gasteiger partial charge on any atom is -0.456 e. The first kappa shape index (κ1) is 16.6. The van der Waals surface area contributed by atoms with Gasteiger partial charge in [0.1, 0.15) is 11.5 Å². The maximum atomic E-state index is 12.6.